The number of hydrogen-bond acceptors (Lipinski definition) is 4. The topological polar surface area (TPSA) is 59.0 Å². The highest BCUT2D eigenvalue weighted by molar-refractivity contribution is 5.96. The highest BCUT2D eigenvalue weighted by atomic mass is 16.7. The second-order valence-electron chi connectivity index (χ2n) is 5.87. The molecule has 1 amide bonds. The van der Waals surface area contributed by atoms with Gasteiger partial charge in [-0.3, -0.25) is 4.79 Å². The van der Waals surface area contributed by atoms with Gasteiger partial charge in [0, 0.05) is 31.2 Å². The minimum absolute atomic E-state index is 0.0380. The van der Waals surface area contributed by atoms with Crippen molar-refractivity contribution in [2.24, 2.45) is 5.92 Å². The van der Waals surface area contributed by atoms with Crippen molar-refractivity contribution in [3.63, 3.8) is 0 Å². The molecule has 23 heavy (non-hydrogen) atoms. The molecular formula is C18H17NO4. The molecule has 2 aromatic rings. The van der Waals surface area contributed by atoms with E-state index < -0.39 is 0 Å². The van der Waals surface area contributed by atoms with E-state index in [1.165, 1.54) is 0 Å². The Labute approximate surface area is 134 Å². The molecule has 5 nitrogen and oxygen atoms in total. The molecule has 2 aliphatic heterocycles. The molecular weight excluding hydrogens is 294 g/mol. The SMILES string of the molecule is O=C1CC(CO)CN1c1ccc(-c2ccc3c(c2)OCO3)cc1. The third-order valence-electron chi connectivity index (χ3n) is 4.35. The van der Waals surface area contributed by atoms with Gasteiger partial charge in [0.2, 0.25) is 12.7 Å². The van der Waals surface area contributed by atoms with E-state index in [-0.39, 0.29) is 25.2 Å². The monoisotopic (exact) mass is 311 g/mol. The van der Waals surface area contributed by atoms with E-state index >= 15 is 0 Å². The number of anilines is 1. The summed E-state index contributed by atoms with van der Waals surface area (Å²) in [5.74, 6) is 1.63. The van der Waals surface area contributed by atoms with E-state index in [9.17, 15) is 9.90 Å². The number of fused-ring (bicyclic) bond motifs is 1. The standard InChI is InChI=1S/C18H17NO4/c20-10-12-7-18(21)19(9-12)15-4-1-13(2-5-15)14-3-6-16-17(8-14)23-11-22-16/h1-6,8,12,20H,7,9-11H2. The maximum Gasteiger partial charge on any atom is 0.231 e. The van der Waals surface area contributed by atoms with E-state index in [4.69, 9.17) is 9.47 Å². The van der Waals surface area contributed by atoms with Gasteiger partial charge in [0.1, 0.15) is 0 Å². The molecule has 0 aliphatic carbocycles. The van der Waals surface area contributed by atoms with Crippen LogP contribution < -0.4 is 14.4 Å². The molecule has 2 aliphatic rings. The highest BCUT2D eigenvalue weighted by Gasteiger charge is 2.29. The predicted octanol–water partition coefficient (Wildman–Crippen LogP) is 2.43. The molecule has 0 spiro atoms. The van der Waals surface area contributed by atoms with Crippen molar-refractivity contribution >= 4 is 11.6 Å². The first-order chi connectivity index (χ1) is 11.2. The van der Waals surface area contributed by atoms with Gasteiger partial charge in [-0.15, -0.1) is 0 Å². The van der Waals surface area contributed by atoms with Crippen LogP contribution in [0.1, 0.15) is 6.42 Å². The molecule has 4 rings (SSSR count). The summed E-state index contributed by atoms with van der Waals surface area (Å²) < 4.78 is 10.7. The van der Waals surface area contributed by atoms with E-state index in [2.05, 4.69) is 0 Å². The molecule has 2 heterocycles. The van der Waals surface area contributed by atoms with E-state index in [1.807, 2.05) is 42.5 Å². The second kappa shape index (κ2) is 5.59. The fourth-order valence-electron chi connectivity index (χ4n) is 3.06. The molecule has 0 radical (unpaired) electrons. The van der Waals surface area contributed by atoms with Gasteiger partial charge >= 0.3 is 0 Å². The lowest BCUT2D eigenvalue weighted by Gasteiger charge is -2.17. The van der Waals surface area contributed by atoms with Gasteiger partial charge in [-0.25, -0.2) is 0 Å². The number of carbonyl (C=O) groups excluding carboxylic acids is 1. The largest absolute Gasteiger partial charge is 0.454 e. The minimum Gasteiger partial charge on any atom is -0.454 e. The number of amides is 1. The highest BCUT2D eigenvalue weighted by Crippen LogP contribution is 2.36. The van der Waals surface area contributed by atoms with Crippen LogP contribution in [-0.4, -0.2) is 31.0 Å². The van der Waals surface area contributed by atoms with Gasteiger partial charge in [0.25, 0.3) is 0 Å². The predicted molar refractivity (Wildman–Crippen MR) is 85.5 cm³/mol. The third-order valence-corrected chi connectivity index (χ3v) is 4.35. The zero-order valence-corrected chi connectivity index (χ0v) is 12.6. The maximum atomic E-state index is 12.0. The van der Waals surface area contributed by atoms with E-state index in [1.54, 1.807) is 4.90 Å². The molecule has 118 valence electrons. The summed E-state index contributed by atoms with van der Waals surface area (Å²) >= 11 is 0. The number of ether oxygens (including phenoxy) is 2. The number of carbonyl (C=O) groups is 1. The number of hydrogen-bond donors (Lipinski definition) is 1. The molecule has 1 atom stereocenters. The lowest BCUT2D eigenvalue weighted by atomic mass is 10.0. The normalized spacial score (nSPS) is 19.4. The van der Waals surface area contributed by atoms with Gasteiger partial charge in [-0.05, 0) is 35.4 Å². The Hall–Kier alpha value is -2.53. The van der Waals surface area contributed by atoms with Crippen molar-refractivity contribution in [1.82, 2.24) is 0 Å². The molecule has 1 saturated heterocycles. The van der Waals surface area contributed by atoms with Crippen LogP contribution >= 0.6 is 0 Å². The van der Waals surface area contributed by atoms with Crippen molar-refractivity contribution in [3.05, 3.63) is 42.5 Å². The van der Waals surface area contributed by atoms with Crippen molar-refractivity contribution in [2.75, 3.05) is 24.8 Å². The number of aliphatic hydroxyl groups is 1. The van der Waals surface area contributed by atoms with Crippen LogP contribution in [0.3, 0.4) is 0 Å². The van der Waals surface area contributed by atoms with Gasteiger partial charge < -0.3 is 19.5 Å². The summed E-state index contributed by atoms with van der Waals surface area (Å²) in [5.41, 5.74) is 2.97. The number of nitrogens with zero attached hydrogens (tertiary/aromatic N) is 1. The molecule has 0 saturated carbocycles. The summed E-state index contributed by atoms with van der Waals surface area (Å²) in [5, 5.41) is 9.22. The van der Waals surface area contributed by atoms with Gasteiger partial charge in [-0.1, -0.05) is 18.2 Å². The van der Waals surface area contributed by atoms with E-state index in [0.717, 1.165) is 28.3 Å². The lowest BCUT2D eigenvalue weighted by Crippen LogP contribution is -2.24. The number of benzene rings is 2. The Morgan fingerprint density at radius 3 is 2.52 bits per heavy atom. The van der Waals surface area contributed by atoms with Crippen LogP contribution in [0.4, 0.5) is 5.69 Å². The zero-order valence-electron chi connectivity index (χ0n) is 12.6. The maximum absolute atomic E-state index is 12.0. The Morgan fingerprint density at radius 2 is 1.78 bits per heavy atom. The average molecular weight is 311 g/mol. The van der Waals surface area contributed by atoms with Crippen molar-refractivity contribution in [1.29, 1.82) is 0 Å². The average Bonchev–Trinajstić information content (AvgIpc) is 3.20. The molecule has 0 bridgehead atoms. The summed E-state index contributed by atoms with van der Waals surface area (Å²) in [6, 6.07) is 13.7. The van der Waals surface area contributed by atoms with Crippen molar-refractivity contribution < 1.29 is 19.4 Å². The lowest BCUT2D eigenvalue weighted by molar-refractivity contribution is -0.117. The van der Waals surface area contributed by atoms with Crippen LogP contribution in [0.2, 0.25) is 0 Å². The first-order valence-electron chi connectivity index (χ1n) is 7.66. The molecule has 5 heteroatoms. The Kier molecular flexibility index (Phi) is 3.42. The molecule has 1 N–H and O–H groups in total. The second-order valence-corrected chi connectivity index (χ2v) is 5.87. The first kappa shape index (κ1) is 14.1. The first-order valence-corrected chi connectivity index (χ1v) is 7.66. The van der Waals surface area contributed by atoms with Crippen LogP contribution in [0.25, 0.3) is 11.1 Å². The Morgan fingerprint density at radius 1 is 1.04 bits per heavy atom. The summed E-state index contributed by atoms with van der Waals surface area (Å²) in [7, 11) is 0. The van der Waals surface area contributed by atoms with Crippen LogP contribution in [0, 0.1) is 5.92 Å². The fraction of sp³-hybridized carbons (Fsp3) is 0.278. The third kappa shape index (κ3) is 2.53. The molecule has 0 aromatic heterocycles. The fourth-order valence-corrected chi connectivity index (χ4v) is 3.06. The van der Waals surface area contributed by atoms with Gasteiger partial charge in [0.15, 0.2) is 11.5 Å². The smallest absolute Gasteiger partial charge is 0.231 e. The van der Waals surface area contributed by atoms with Crippen molar-refractivity contribution in [2.45, 2.75) is 6.42 Å². The molecule has 1 fully saturated rings. The molecule has 1 unspecified atom stereocenters. The zero-order chi connectivity index (χ0) is 15.8. The number of aliphatic hydroxyl groups excluding tert-OH is 1. The molecule has 2 aromatic carbocycles. The Bertz CT molecular complexity index is 741. The van der Waals surface area contributed by atoms with Gasteiger partial charge in [-0.2, -0.15) is 0 Å². The summed E-state index contributed by atoms with van der Waals surface area (Å²) in [6.45, 7) is 0.900. The van der Waals surface area contributed by atoms with Crippen LogP contribution in [0.5, 0.6) is 11.5 Å². The minimum atomic E-state index is 0.0380. The van der Waals surface area contributed by atoms with Gasteiger partial charge in [0.05, 0.1) is 0 Å². The van der Waals surface area contributed by atoms with Crippen molar-refractivity contribution in [3.8, 4) is 22.6 Å². The summed E-state index contributed by atoms with van der Waals surface area (Å²) in [4.78, 5) is 13.8. The number of rotatable bonds is 3. The van der Waals surface area contributed by atoms with Crippen LogP contribution in [0.15, 0.2) is 42.5 Å². The quantitative estimate of drug-likeness (QED) is 0.946. The Balaban J connectivity index is 1.58. The van der Waals surface area contributed by atoms with E-state index in [0.29, 0.717) is 13.0 Å². The van der Waals surface area contributed by atoms with Crippen LogP contribution in [-0.2, 0) is 4.79 Å². The summed E-state index contributed by atoms with van der Waals surface area (Å²) in [6.07, 6.45) is 0.417.